The highest BCUT2D eigenvalue weighted by Gasteiger charge is 2.36. The third-order valence-electron chi connectivity index (χ3n) is 4.03. The van der Waals surface area contributed by atoms with Crippen LogP contribution in [0.5, 0.6) is 5.75 Å². The fraction of sp³-hybridized carbons (Fsp3) is 0.0526. The highest BCUT2D eigenvalue weighted by Crippen LogP contribution is 2.44. The van der Waals surface area contributed by atoms with Gasteiger partial charge in [-0.1, -0.05) is 30.0 Å². The second kappa shape index (κ2) is 7.13. The van der Waals surface area contributed by atoms with E-state index in [-0.39, 0.29) is 17.4 Å². The van der Waals surface area contributed by atoms with E-state index in [1.54, 1.807) is 30.3 Å². The smallest absolute Gasteiger partial charge is 0.305 e. The number of carbonyl (C=O) groups excluding carboxylic acids is 2. The van der Waals surface area contributed by atoms with E-state index in [4.69, 9.17) is 4.42 Å². The number of hydrazine groups is 1. The fourth-order valence-corrected chi connectivity index (χ4v) is 4.34. The summed E-state index contributed by atoms with van der Waals surface area (Å²) in [6.45, 7) is 0. The summed E-state index contributed by atoms with van der Waals surface area (Å²) < 4.78 is 5.62. The number of benzene rings is 2. The number of hydrogen-bond donors (Lipinski definition) is 2. The van der Waals surface area contributed by atoms with Crippen LogP contribution in [0.4, 0.5) is 0 Å². The lowest BCUT2D eigenvalue weighted by Gasteiger charge is -2.35. The number of aromatic hydroxyl groups is 1. The summed E-state index contributed by atoms with van der Waals surface area (Å²) in [5.41, 5.74) is 3.90. The number of nitrogens with zero attached hydrogens (tertiary/aromatic N) is 1. The van der Waals surface area contributed by atoms with E-state index in [0.29, 0.717) is 10.0 Å². The molecule has 0 radical (unpaired) electrons. The maximum atomic E-state index is 13.1. The largest absolute Gasteiger partial charge is 0.507 e. The van der Waals surface area contributed by atoms with E-state index >= 15 is 0 Å². The van der Waals surface area contributed by atoms with E-state index in [9.17, 15) is 14.7 Å². The Labute approximate surface area is 167 Å². The molecule has 0 aliphatic carbocycles. The van der Waals surface area contributed by atoms with Crippen molar-refractivity contribution in [3.8, 4) is 5.75 Å². The Hall–Kier alpha value is -2.71. The monoisotopic (exact) mass is 444 g/mol. The Balaban J connectivity index is 1.74. The van der Waals surface area contributed by atoms with Crippen LogP contribution in [-0.4, -0.2) is 21.9 Å². The van der Waals surface area contributed by atoms with Gasteiger partial charge in [0.1, 0.15) is 11.1 Å². The van der Waals surface area contributed by atoms with Gasteiger partial charge in [-0.15, -0.1) is 0 Å². The van der Waals surface area contributed by atoms with Crippen LogP contribution in [0.15, 0.2) is 74.6 Å². The van der Waals surface area contributed by atoms with Gasteiger partial charge in [0.2, 0.25) is 0 Å². The predicted molar refractivity (Wildman–Crippen MR) is 103 cm³/mol. The molecule has 1 aromatic heterocycles. The normalized spacial score (nSPS) is 16.1. The van der Waals surface area contributed by atoms with Crippen LogP contribution in [0.1, 0.15) is 31.9 Å². The number of phenolic OH excluding ortho intramolecular Hbond substituents is 1. The van der Waals surface area contributed by atoms with Crippen molar-refractivity contribution in [2.45, 2.75) is 10.3 Å². The summed E-state index contributed by atoms with van der Waals surface area (Å²) in [5.74, 6) is -0.635. The summed E-state index contributed by atoms with van der Waals surface area (Å²) in [6, 6.07) is 15.3. The van der Waals surface area contributed by atoms with Crippen molar-refractivity contribution < 1.29 is 19.1 Å². The first kappa shape index (κ1) is 17.7. The Morgan fingerprint density at radius 3 is 2.74 bits per heavy atom. The molecule has 3 aromatic rings. The van der Waals surface area contributed by atoms with Crippen molar-refractivity contribution in [3.05, 3.63) is 82.2 Å². The first-order chi connectivity index (χ1) is 13.0. The number of amides is 2. The van der Waals surface area contributed by atoms with Gasteiger partial charge in [0.05, 0.1) is 16.3 Å². The summed E-state index contributed by atoms with van der Waals surface area (Å²) in [5, 5.41) is 10.5. The molecular formula is C19H13BrN2O4S. The van der Waals surface area contributed by atoms with E-state index < -0.39 is 11.3 Å². The van der Waals surface area contributed by atoms with Gasteiger partial charge in [0, 0.05) is 4.90 Å². The van der Waals surface area contributed by atoms with Gasteiger partial charge >= 0.3 is 5.91 Å². The van der Waals surface area contributed by atoms with Gasteiger partial charge in [-0.2, -0.15) is 0 Å². The first-order valence-electron chi connectivity index (χ1n) is 7.97. The minimum Gasteiger partial charge on any atom is -0.507 e. The highest BCUT2D eigenvalue weighted by molar-refractivity contribution is 9.10. The molecule has 1 atom stereocenters. The van der Waals surface area contributed by atoms with Crippen LogP contribution in [0.25, 0.3) is 0 Å². The number of phenols is 1. The number of nitrogens with one attached hydrogen (secondary N) is 1. The predicted octanol–water partition coefficient (Wildman–Crippen LogP) is 4.34. The average molecular weight is 445 g/mol. The van der Waals surface area contributed by atoms with Crippen molar-refractivity contribution in [2.24, 2.45) is 0 Å². The number of furan rings is 1. The second-order valence-electron chi connectivity index (χ2n) is 5.77. The molecule has 0 bridgehead atoms. The van der Waals surface area contributed by atoms with Crippen molar-refractivity contribution in [3.63, 3.8) is 0 Å². The maximum absolute atomic E-state index is 13.1. The Kier molecular flexibility index (Phi) is 4.67. The molecule has 0 saturated carbocycles. The van der Waals surface area contributed by atoms with Gasteiger partial charge < -0.3 is 9.52 Å². The lowest BCUT2D eigenvalue weighted by molar-refractivity contribution is 0.0536. The lowest BCUT2D eigenvalue weighted by Crippen LogP contribution is -2.49. The Morgan fingerprint density at radius 2 is 2.00 bits per heavy atom. The molecule has 2 N–H and O–H groups in total. The summed E-state index contributed by atoms with van der Waals surface area (Å²) >= 11 is 4.73. The molecule has 6 nitrogen and oxygen atoms in total. The summed E-state index contributed by atoms with van der Waals surface area (Å²) in [4.78, 5) is 26.4. The van der Waals surface area contributed by atoms with Crippen molar-refractivity contribution in [2.75, 3.05) is 0 Å². The minimum atomic E-state index is -0.517. The molecule has 0 saturated heterocycles. The molecule has 1 aliphatic heterocycles. The molecule has 1 unspecified atom stereocenters. The number of rotatable bonds is 3. The maximum Gasteiger partial charge on any atom is 0.305 e. The van der Waals surface area contributed by atoms with Gasteiger partial charge in [-0.25, -0.2) is 5.01 Å². The van der Waals surface area contributed by atoms with E-state index in [2.05, 4.69) is 21.4 Å². The Morgan fingerprint density at radius 1 is 1.19 bits per heavy atom. The first-order valence-corrected chi connectivity index (χ1v) is 9.64. The minimum absolute atomic E-state index is 0.0949. The topological polar surface area (TPSA) is 82.8 Å². The van der Waals surface area contributed by atoms with Crippen molar-refractivity contribution in [1.29, 1.82) is 0 Å². The second-order valence-corrected chi connectivity index (χ2v) is 7.75. The van der Waals surface area contributed by atoms with E-state index in [1.165, 1.54) is 35.2 Å². The zero-order valence-electron chi connectivity index (χ0n) is 13.8. The van der Waals surface area contributed by atoms with Crippen LogP contribution in [0, 0.1) is 0 Å². The summed E-state index contributed by atoms with van der Waals surface area (Å²) in [6.07, 6.45) is 1.39. The van der Waals surface area contributed by atoms with Gasteiger partial charge in [0.15, 0.2) is 5.76 Å². The molecule has 4 rings (SSSR count). The quantitative estimate of drug-likeness (QED) is 0.627. The van der Waals surface area contributed by atoms with E-state index in [0.717, 1.165) is 10.5 Å². The third kappa shape index (κ3) is 3.33. The number of fused-ring (bicyclic) bond motifs is 1. The number of carbonyl (C=O) groups is 2. The van der Waals surface area contributed by atoms with Gasteiger partial charge in [-0.05, 0) is 57.9 Å². The van der Waals surface area contributed by atoms with Crippen molar-refractivity contribution >= 4 is 39.5 Å². The fourth-order valence-electron chi connectivity index (χ4n) is 2.73. The molecule has 0 fully saturated rings. The zero-order valence-corrected chi connectivity index (χ0v) is 16.2. The van der Waals surface area contributed by atoms with E-state index in [1.807, 2.05) is 12.1 Å². The highest BCUT2D eigenvalue weighted by atomic mass is 79.9. The molecule has 2 aromatic carbocycles. The molecule has 136 valence electrons. The van der Waals surface area contributed by atoms with Crippen LogP contribution in [0.2, 0.25) is 0 Å². The van der Waals surface area contributed by atoms with Gasteiger partial charge in [0.25, 0.3) is 5.91 Å². The lowest BCUT2D eigenvalue weighted by atomic mass is 10.1. The third-order valence-corrected chi connectivity index (χ3v) is 5.98. The Bertz CT molecular complexity index is 1020. The van der Waals surface area contributed by atoms with Crippen LogP contribution >= 0.6 is 27.7 Å². The molecule has 2 heterocycles. The van der Waals surface area contributed by atoms with Crippen LogP contribution in [0.3, 0.4) is 0 Å². The summed E-state index contributed by atoms with van der Waals surface area (Å²) in [7, 11) is 0. The number of hydrogen-bond acceptors (Lipinski definition) is 5. The molecule has 8 heteroatoms. The average Bonchev–Trinajstić information content (AvgIpc) is 3.21. The zero-order chi connectivity index (χ0) is 19.0. The number of halogens is 1. The van der Waals surface area contributed by atoms with Crippen LogP contribution in [-0.2, 0) is 0 Å². The molecule has 1 aliphatic rings. The van der Waals surface area contributed by atoms with Crippen molar-refractivity contribution in [1.82, 2.24) is 10.4 Å². The SMILES string of the molecule is O=C(NN1C(=O)c2ccccc2SC1c1ccc(O)c(Br)c1)c1ccco1. The molecule has 2 amide bonds. The van der Waals surface area contributed by atoms with Crippen LogP contribution < -0.4 is 5.43 Å². The molecule has 27 heavy (non-hydrogen) atoms. The number of thioether (sulfide) groups is 1. The molecule has 0 spiro atoms. The standard InChI is InChI=1S/C19H13BrN2O4S/c20-13-10-11(7-8-14(13)23)19-22(21-17(24)15-5-3-9-26-15)18(25)12-4-1-2-6-16(12)27-19/h1-10,19,23H,(H,21,24). The molecular weight excluding hydrogens is 432 g/mol. The van der Waals surface area contributed by atoms with Gasteiger partial charge in [-0.3, -0.25) is 15.0 Å².